The number of hydrogen-bond donors (Lipinski definition) is 3. The number of hydrogen-bond acceptors (Lipinski definition) is 8. The number of nitrogens with one attached hydrogen (secondary N) is 1. The number of aromatic amines is 1. The van der Waals surface area contributed by atoms with Crippen molar-refractivity contribution in [3.63, 3.8) is 0 Å². The zero-order valence-electron chi connectivity index (χ0n) is 29.8. The van der Waals surface area contributed by atoms with Crippen molar-refractivity contribution in [1.82, 2.24) is 29.0 Å². The van der Waals surface area contributed by atoms with Crippen molar-refractivity contribution in [2.75, 3.05) is 13.1 Å². The highest BCUT2D eigenvalue weighted by molar-refractivity contribution is 6.01. The largest absolute Gasteiger partial charge is 0.508 e. The number of rotatable bonds is 6. The van der Waals surface area contributed by atoms with E-state index in [1.165, 1.54) is 10.6 Å². The fourth-order valence-corrected chi connectivity index (χ4v) is 7.70. The summed E-state index contributed by atoms with van der Waals surface area (Å²) in [5, 5.41) is 29.5. The molecule has 0 aliphatic carbocycles. The highest BCUT2D eigenvalue weighted by Gasteiger charge is 2.25. The third-order valence-corrected chi connectivity index (χ3v) is 10.6. The Morgan fingerprint density at radius 1 is 0.981 bits per heavy atom. The molecule has 0 bridgehead atoms. The lowest BCUT2D eigenvalue weighted by Gasteiger charge is -2.31. The maximum absolute atomic E-state index is 13.2. The van der Waals surface area contributed by atoms with Crippen LogP contribution in [0.15, 0.2) is 90.2 Å². The molecule has 0 spiro atoms. The SMILES string of the molecule is CC(C)c1cc(-c2n[nH]c(=O)n2-c2ccc(CC3CCN(C(=O)Oc4ccc5nc6c(cc5c4)cn4cc5c(cc64)C=COC5)CC3)cc2)c(O)cc1O. The highest BCUT2D eigenvalue weighted by atomic mass is 16.6. The van der Waals surface area contributed by atoms with Crippen LogP contribution in [-0.2, 0) is 17.8 Å². The molecule has 1 saturated heterocycles. The lowest BCUT2D eigenvalue weighted by Crippen LogP contribution is -2.40. The second kappa shape index (κ2) is 13.1. The second-order valence-electron chi connectivity index (χ2n) is 14.5. The van der Waals surface area contributed by atoms with Gasteiger partial charge in [-0.15, -0.1) is 0 Å². The second-order valence-corrected chi connectivity index (χ2v) is 14.5. The summed E-state index contributed by atoms with van der Waals surface area (Å²) >= 11 is 0. The monoisotopic (exact) mass is 722 g/mol. The minimum atomic E-state index is -0.435. The predicted octanol–water partition coefficient (Wildman–Crippen LogP) is 7.67. The number of pyridine rings is 2. The molecule has 3 aromatic carbocycles. The summed E-state index contributed by atoms with van der Waals surface area (Å²) in [6.07, 6.45) is 10.0. The molecule has 1 fully saturated rings. The van der Waals surface area contributed by atoms with Gasteiger partial charge >= 0.3 is 11.8 Å². The lowest BCUT2D eigenvalue weighted by atomic mass is 9.90. The van der Waals surface area contributed by atoms with Crippen LogP contribution in [0.1, 0.15) is 54.9 Å². The number of phenolic OH excluding ortho intramolecular Hbond substituents is 2. The van der Waals surface area contributed by atoms with Crippen LogP contribution in [0, 0.1) is 5.92 Å². The van der Waals surface area contributed by atoms with Crippen molar-refractivity contribution < 1.29 is 24.5 Å². The zero-order valence-corrected chi connectivity index (χ0v) is 29.8. The van der Waals surface area contributed by atoms with E-state index < -0.39 is 5.69 Å². The van der Waals surface area contributed by atoms with Crippen molar-refractivity contribution >= 4 is 39.5 Å². The van der Waals surface area contributed by atoms with E-state index in [-0.39, 0.29) is 29.3 Å². The molecule has 7 aromatic rings. The molecule has 54 heavy (non-hydrogen) atoms. The quantitative estimate of drug-likeness (QED) is 0.159. The summed E-state index contributed by atoms with van der Waals surface area (Å²) in [5.41, 5.74) is 7.31. The maximum Gasteiger partial charge on any atom is 0.415 e. The average molecular weight is 723 g/mol. The van der Waals surface area contributed by atoms with E-state index in [4.69, 9.17) is 14.5 Å². The van der Waals surface area contributed by atoms with E-state index >= 15 is 0 Å². The summed E-state index contributed by atoms with van der Waals surface area (Å²) in [6, 6.07) is 20.5. The summed E-state index contributed by atoms with van der Waals surface area (Å²) in [4.78, 5) is 32.8. The van der Waals surface area contributed by atoms with Crippen LogP contribution < -0.4 is 10.4 Å². The Kier molecular flexibility index (Phi) is 8.10. The van der Waals surface area contributed by atoms with Crippen molar-refractivity contribution in [2.24, 2.45) is 5.92 Å². The third-order valence-electron chi connectivity index (χ3n) is 10.6. The Morgan fingerprint density at radius 3 is 2.59 bits per heavy atom. The number of carbonyl (C=O) groups excluding carboxylic acids is 1. The van der Waals surface area contributed by atoms with Crippen LogP contribution in [0.5, 0.6) is 17.2 Å². The van der Waals surface area contributed by atoms with E-state index in [0.29, 0.717) is 48.2 Å². The van der Waals surface area contributed by atoms with Crippen molar-refractivity contribution in [1.29, 1.82) is 0 Å². The normalized spacial score (nSPS) is 14.6. The highest BCUT2D eigenvalue weighted by Crippen LogP contribution is 2.37. The van der Waals surface area contributed by atoms with Gasteiger partial charge in [0.15, 0.2) is 5.82 Å². The van der Waals surface area contributed by atoms with E-state index in [0.717, 1.165) is 63.3 Å². The van der Waals surface area contributed by atoms with Gasteiger partial charge in [-0.2, -0.15) is 5.10 Å². The number of amides is 1. The van der Waals surface area contributed by atoms with E-state index in [1.54, 1.807) is 23.3 Å². The first-order valence-electron chi connectivity index (χ1n) is 18.1. The van der Waals surface area contributed by atoms with Gasteiger partial charge < -0.3 is 29.0 Å². The fraction of sp³-hybridized carbons (Fsp3) is 0.238. The molecule has 0 radical (unpaired) electrons. The van der Waals surface area contributed by atoms with Crippen LogP contribution >= 0.6 is 0 Å². The molecule has 3 N–H and O–H groups in total. The topological polar surface area (TPSA) is 147 Å². The van der Waals surface area contributed by atoms with Crippen LogP contribution in [-0.4, -0.2) is 58.4 Å². The van der Waals surface area contributed by atoms with Crippen molar-refractivity contribution in [3.05, 3.63) is 118 Å². The van der Waals surface area contributed by atoms with Gasteiger partial charge in [0.05, 0.1) is 34.1 Å². The van der Waals surface area contributed by atoms with Crippen LogP contribution in [0.4, 0.5) is 4.79 Å². The molecule has 12 nitrogen and oxygen atoms in total. The van der Waals surface area contributed by atoms with Gasteiger partial charge in [0.25, 0.3) is 0 Å². The minimum absolute atomic E-state index is 0.00215. The first-order chi connectivity index (χ1) is 26.2. The number of phenols is 2. The molecule has 6 heterocycles. The first-order valence-corrected chi connectivity index (χ1v) is 18.1. The number of fused-ring (bicyclic) bond motifs is 5. The molecule has 1 amide bonds. The standard InChI is InChI=1S/C42H38N6O6/c1-24(2)33-19-34(38(50)20-37(33)49)40-44-45-41(51)48(40)31-5-3-25(4-6-31)15-26-9-12-46(13-10-26)42(52)54-32-7-8-35-28(17-32)16-29-21-47-22-30-23-53-14-11-27(30)18-36(47)39(29)43-35/h3-8,11,14,16-22,24,26,49-50H,9-10,12-13,15,23H2,1-2H3,(H,45,51). The summed E-state index contributed by atoms with van der Waals surface area (Å²) in [6.45, 7) is 5.62. The van der Waals surface area contributed by atoms with E-state index in [2.05, 4.69) is 39.1 Å². The van der Waals surface area contributed by atoms with Crippen molar-refractivity contribution in [3.8, 4) is 34.3 Å². The molecule has 2 aliphatic rings. The molecule has 0 saturated carbocycles. The Balaban J connectivity index is 0.842. The molecule has 2 aliphatic heterocycles. The first kappa shape index (κ1) is 33.3. The van der Waals surface area contributed by atoms with Crippen LogP contribution in [0.2, 0.25) is 0 Å². The zero-order chi connectivity index (χ0) is 37.1. The summed E-state index contributed by atoms with van der Waals surface area (Å²) in [7, 11) is 0. The molecule has 4 aromatic heterocycles. The summed E-state index contributed by atoms with van der Waals surface area (Å²) < 4.78 is 14.8. The number of piperidine rings is 1. The Morgan fingerprint density at radius 2 is 1.80 bits per heavy atom. The number of ether oxygens (including phenoxy) is 2. The van der Waals surface area contributed by atoms with Gasteiger partial charge in [0, 0.05) is 47.9 Å². The molecule has 0 unspecified atom stereocenters. The van der Waals surface area contributed by atoms with Crippen LogP contribution in [0.3, 0.4) is 0 Å². The number of benzene rings is 3. The van der Waals surface area contributed by atoms with Gasteiger partial charge in [-0.3, -0.25) is 0 Å². The summed E-state index contributed by atoms with van der Waals surface area (Å²) in [5.74, 6) is 0.952. The average Bonchev–Trinajstić information content (AvgIpc) is 3.72. The molecule has 9 rings (SSSR count). The Labute approximate surface area is 309 Å². The van der Waals surface area contributed by atoms with Gasteiger partial charge in [-0.1, -0.05) is 26.0 Å². The van der Waals surface area contributed by atoms with Gasteiger partial charge in [0.1, 0.15) is 23.9 Å². The van der Waals surface area contributed by atoms with Crippen molar-refractivity contribution in [2.45, 2.75) is 45.6 Å². The maximum atomic E-state index is 13.2. The van der Waals surface area contributed by atoms with Crippen LogP contribution in [0.25, 0.3) is 50.5 Å². The number of likely N-dealkylation sites (tertiary alicyclic amines) is 1. The number of H-pyrrole nitrogens is 1. The third kappa shape index (κ3) is 5.99. The molecular weight excluding hydrogens is 684 g/mol. The molecule has 12 heteroatoms. The number of nitrogens with zero attached hydrogens (tertiary/aromatic N) is 5. The molecule has 272 valence electrons. The minimum Gasteiger partial charge on any atom is -0.508 e. The van der Waals surface area contributed by atoms with E-state index in [1.807, 2.05) is 56.3 Å². The predicted molar refractivity (Wildman–Crippen MR) is 205 cm³/mol. The van der Waals surface area contributed by atoms with Gasteiger partial charge in [0.2, 0.25) is 0 Å². The Bertz CT molecular complexity index is 2680. The Hall–Kier alpha value is -6.56. The van der Waals surface area contributed by atoms with Gasteiger partial charge in [-0.05, 0) is 102 Å². The smallest absolute Gasteiger partial charge is 0.415 e. The molecule has 0 atom stereocenters. The number of carbonyl (C=O) groups is 1. The van der Waals surface area contributed by atoms with E-state index in [9.17, 15) is 19.8 Å². The lowest BCUT2D eigenvalue weighted by molar-refractivity contribution is 0.131. The number of aromatic hydroxyl groups is 2. The molecular formula is C42H38N6O6. The number of aromatic nitrogens is 5. The van der Waals surface area contributed by atoms with Gasteiger partial charge in [-0.25, -0.2) is 24.2 Å². The fourth-order valence-electron chi connectivity index (χ4n) is 7.70.